The first kappa shape index (κ1) is 15.1. The molecule has 18 heavy (non-hydrogen) atoms. The molecule has 0 aliphatic heterocycles. The van der Waals surface area contributed by atoms with Crippen LogP contribution in [0.15, 0.2) is 18.2 Å². The van der Waals surface area contributed by atoms with Crippen molar-refractivity contribution >= 4 is 12.6 Å². The van der Waals surface area contributed by atoms with Gasteiger partial charge in [-0.15, -0.1) is 0 Å². The van der Waals surface area contributed by atoms with Crippen LogP contribution in [0.2, 0.25) is 0 Å². The number of benzene rings is 1. The highest BCUT2D eigenvalue weighted by Gasteiger charge is 2.40. The summed E-state index contributed by atoms with van der Waals surface area (Å²) in [6, 6.07) is 3.26. The van der Waals surface area contributed by atoms with Crippen LogP contribution in [0.1, 0.15) is 27.7 Å². The van der Waals surface area contributed by atoms with Gasteiger partial charge in [0.25, 0.3) is 0 Å². The summed E-state index contributed by atoms with van der Waals surface area (Å²) in [5, 5.41) is 19.6. The van der Waals surface area contributed by atoms with Crippen LogP contribution in [0.4, 0.5) is 8.78 Å². The maximum absolute atomic E-state index is 13.4. The van der Waals surface area contributed by atoms with E-state index < -0.39 is 35.4 Å². The molecular weight excluding hydrogens is 241 g/mol. The first-order valence-electron chi connectivity index (χ1n) is 5.58. The van der Waals surface area contributed by atoms with E-state index in [1.54, 1.807) is 0 Å². The second kappa shape index (κ2) is 4.95. The predicted octanol–water partition coefficient (Wildman–Crippen LogP) is 1.22. The molecular formula is C12H17BF2O3. The van der Waals surface area contributed by atoms with Gasteiger partial charge >= 0.3 is 7.12 Å². The quantitative estimate of drug-likeness (QED) is 0.798. The summed E-state index contributed by atoms with van der Waals surface area (Å²) in [5.41, 5.74) is -3.02. The zero-order chi connectivity index (χ0) is 14.1. The molecule has 100 valence electrons. The van der Waals surface area contributed by atoms with Gasteiger partial charge in [-0.25, -0.2) is 8.78 Å². The van der Waals surface area contributed by atoms with E-state index in [0.717, 1.165) is 12.1 Å². The Kier molecular flexibility index (Phi) is 4.15. The van der Waals surface area contributed by atoms with Gasteiger partial charge in [-0.1, -0.05) is 6.07 Å². The lowest BCUT2D eigenvalue weighted by Crippen LogP contribution is -2.54. The van der Waals surface area contributed by atoms with Crippen LogP contribution in [0.5, 0.6) is 0 Å². The number of aliphatic hydroxyl groups is 1. The number of halogens is 2. The van der Waals surface area contributed by atoms with Gasteiger partial charge in [0.2, 0.25) is 0 Å². The van der Waals surface area contributed by atoms with Crippen molar-refractivity contribution in [3.63, 3.8) is 0 Å². The molecule has 0 aromatic heterocycles. The molecule has 0 saturated carbocycles. The molecule has 0 radical (unpaired) electrons. The molecule has 0 amide bonds. The molecule has 1 aromatic carbocycles. The summed E-state index contributed by atoms with van der Waals surface area (Å²) < 4.78 is 32.0. The lowest BCUT2D eigenvalue weighted by Gasteiger charge is -2.38. The summed E-state index contributed by atoms with van der Waals surface area (Å²) in [7, 11) is -1.78. The molecule has 0 bridgehead atoms. The van der Waals surface area contributed by atoms with Crippen molar-refractivity contribution < 1.29 is 23.6 Å². The zero-order valence-electron chi connectivity index (χ0n) is 10.9. The first-order chi connectivity index (χ1) is 8.06. The molecule has 0 heterocycles. The maximum atomic E-state index is 13.4. The van der Waals surface area contributed by atoms with Crippen LogP contribution in [0.3, 0.4) is 0 Å². The second-order valence-corrected chi connectivity index (χ2v) is 5.17. The van der Waals surface area contributed by atoms with Crippen LogP contribution in [0.25, 0.3) is 0 Å². The topological polar surface area (TPSA) is 49.7 Å². The van der Waals surface area contributed by atoms with Crippen LogP contribution >= 0.6 is 0 Å². The lowest BCUT2D eigenvalue weighted by atomic mass is 9.76. The summed E-state index contributed by atoms with van der Waals surface area (Å²) in [4.78, 5) is 0. The van der Waals surface area contributed by atoms with E-state index >= 15 is 0 Å². The predicted molar refractivity (Wildman–Crippen MR) is 65.4 cm³/mol. The van der Waals surface area contributed by atoms with E-state index in [0.29, 0.717) is 0 Å². The molecule has 0 aliphatic carbocycles. The van der Waals surface area contributed by atoms with E-state index in [1.165, 1.54) is 33.8 Å². The summed E-state index contributed by atoms with van der Waals surface area (Å²) in [5.74, 6) is -1.79. The summed E-state index contributed by atoms with van der Waals surface area (Å²) in [6.07, 6.45) is 0. The number of rotatable bonds is 4. The summed E-state index contributed by atoms with van der Waals surface area (Å²) >= 11 is 0. The van der Waals surface area contributed by atoms with Crippen molar-refractivity contribution in [2.24, 2.45) is 0 Å². The Morgan fingerprint density at radius 2 is 1.56 bits per heavy atom. The molecule has 0 aliphatic rings. The van der Waals surface area contributed by atoms with Gasteiger partial charge in [0.15, 0.2) is 0 Å². The standard InChI is InChI=1S/C12H17BF2O3/c1-11(2,16)12(3,4)18-13(17)10-8(14)6-5-7-9(10)15/h5-7,16-17H,1-4H3. The van der Waals surface area contributed by atoms with Crippen molar-refractivity contribution in [1.29, 1.82) is 0 Å². The number of hydrogen-bond acceptors (Lipinski definition) is 3. The highest BCUT2D eigenvalue weighted by atomic mass is 19.1. The minimum Gasteiger partial charge on any atom is -0.423 e. The van der Waals surface area contributed by atoms with E-state index in [2.05, 4.69) is 0 Å². The monoisotopic (exact) mass is 258 g/mol. The Labute approximate surface area is 106 Å². The molecule has 6 heteroatoms. The average Bonchev–Trinajstić information content (AvgIpc) is 2.14. The Bertz CT molecular complexity index is 410. The third kappa shape index (κ3) is 3.07. The van der Waals surface area contributed by atoms with Crippen LogP contribution in [-0.4, -0.2) is 28.5 Å². The van der Waals surface area contributed by atoms with Crippen molar-refractivity contribution in [3.05, 3.63) is 29.8 Å². The van der Waals surface area contributed by atoms with Crippen LogP contribution in [-0.2, 0) is 4.65 Å². The smallest absolute Gasteiger partial charge is 0.423 e. The van der Waals surface area contributed by atoms with Crippen molar-refractivity contribution in [3.8, 4) is 0 Å². The van der Waals surface area contributed by atoms with E-state index in [4.69, 9.17) is 4.65 Å². The van der Waals surface area contributed by atoms with Gasteiger partial charge in [-0.3, -0.25) is 0 Å². The fourth-order valence-corrected chi connectivity index (χ4v) is 1.23. The third-order valence-corrected chi connectivity index (χ3v) is 3.13. The lowest BCUT2D eigenvalue weighted by molar-refractivity contribution is -0.0984. The largest absolute Gasteiger partial charge is 0.497 e. The fourth-order valence-electron chi connectivity index (χ4n) is 1.23. The van der Waals surface area contributed by atoms with Gasteiger partial charge in [0.1, 0.15) is 11.6 Å². The Morgan fingerprint density at radius 3 is 1.94 bits per heavy atom. The van der Waals surface area contributed by atoms with Gasteiger partial charge < -0.3 is 14.8 Å². The minimum atomic E-state index is -1.78. The molecule has 0 unspecified atom stereocenters. The maximum Gasteiger partial charge on any atom is 0.497 e. The fraction of sp³-hybridized carbons (Fsp3) is 0.500. The second-order valence-electron chi connectivity index (χ2n) is 5.17. The Morgan fingerprint density at radius 1 is 1.11 bits per heavy atom. The van der Waals surface area contributed by atoms with Crippen molar-refractivity contribution in [2.75, 3.05) is 0 Å². The van der Waals surface area contributed by atoms with Crippen LogP contribution < -0.4 is 5.46 Å². The zero-order valence-corrected chi connectivity index (χ0v) is 10.9. The van der Waals surface area contributed by atoms with Crippen LogP contribution in [0, 0.1) is 11.6 Å². The van der Waals surface area contributed by atoms with Gasteiger partial charge in [0.05, 0.1) is 16.7 Å². The molecule has 3 nitrogen and oxygen atoms in total. The average molecular weight is 258 g/mol. The van der Waals surface area contributed by atoms with Gasteiger partial charge in [-0.2, -0.15) is 0 Å². The Balaban J connectivity index is 3.00. The normalized spacial score (nSPS) is 12.7. The molecule has 0 fully saturated rings. The van der Waals surface area contributed by atoms with Crippen molar-refractivity contribution in [2.45, 2.75) is 38.9 Å². The highest BCUT2D eigenvalue weighted by Crippen LogP contribution is 2.25. The summed E-state index contributed by atoms with van der Waals surface area (Å²) in [6.45, 7) is 6.01. The van der Waals surface area contributed by atoms with E-state index in [1.807, 2.05) is 0 Å². The van der Waals surface area contributed by atoms with Gasteiger partial charge in [0, 0.05) is 0 Å². The molecule has 1 rings (SSSR count). The highest BCUT2D eigenvalue weighted by molar-refractivity contribution is 6.60. The molecule has 2 N–H and O–H groups in total. The van der Waals surface area contributed by atoms with Gasteiger partial charge in [-0.05, 0) is 39.8 Å². The van der Waals surface area contributed by atoms with Crippen molar-refractivity contribution in [1.82, 2.24) is 0 Å². The number of hydrogen-bond donors (Lipinski definition) is 2. The van der Waals surface area contributed by atoms with E-state index in [-0.39, 0.29) is 0 Å². The SMILES string of the molecule is CC(C)(O)C(C)(C)OB(O)c1c(F)cccc1F. The molecule has 0 saturated heterocycles. The minimum absolute atomic E-state index is 0.560. The van der Waals surface area contributed by atoms with E-state index in [9.17, 15) is 18.9 Å². The molecule has 1 aromatic rings. The molecule has 0 spiro atoms. The third-order valence-electron chi connectivity index (χ3n) is 3.13. The molecule has 0 atom stereocenters. The Hall–Kier alpha value is -0.975. The first-order valence-corrected chi connectivity index (χ1v) is 5.58.